The zero-order chi connectivity index (χ0) is 5.98. The molecule has 2 unspecified atom stereocenters. The van der Waals surface area contributed by atoms with Crippen molar-refractivity contribution >= 4 is 0 Å². The predicted octanol–water partition coefficient (Wildman–Crippen LogP) is 0.383. The van der Waals surface area contributed by atoms with Crippen molar-refractivity contribution in [3.05, 3.63) is 0 Å². The van der Waals surface area contributed by atoms with Crippen molar-refractivity contribution in [2.24, 2.45) is 0 Å². The van der Waals surface area contributed by atoms with Crippen molar-refractivity contribution in [3.63, 3.8) is 0 Å². The molecule has 2 heteroatoms. The van der Waals surface area contributed by atoms with Gasteiger partial charge in [-0.25, -0.2) is 0 Å². The molecule has 1 fully saturated rings. The summed E-state index contributed by atoms with van der Waals surface area (Å²) in [5, 5.41) is 3.07. The summed E-state index contributed by atoms with van der Waals surface area (Å²) >= 11 is 0. The highest BCUT2D eigenvalue weighted by Crippen LogP contribution is 2.23. The van der Waals surface area contributed by atoms with Gasteiger partial charge in [-0.3, -0.25) is 0 Å². The molecule has 1 N–H and O–H groups in total. The van der Waals surface area contributed by atoms with Crippen LogP contribution in [0.2, 0.25) is 0 Å². The lowest BCUT2D eigenvalue weighted by Gasteiger charge is -1.87. The van der Waals surface area contributed by atoms with Crippen LogP contribution in [-0.4, -0.2) is 25.8 Å². The molecule has 1 aliphatic heterocycles. The van der Waals surface area contributed by atoms with E-state index in [0.29, 0.717) is 12.2 Å². The number of likely N-dealkylation sites (N-methyl/N-ethyl adjacent to an activating group) is 1. The summed E-state index contributed by atoms with van der Waals surface area (Å²) in [6.07, 6.45) is 2.24. The van der Waals surface area contributed by atoms with Gasteiger partial charge in [0.15, 0.2) is 0 Å². The van der Waals surface area contributed by atoms with Crippen LogP contribution in [-0.2, 0) is 4.74 Å². The Hall–Kier alpha value is -0.0800. The number of rotatable bonds is 3. The van der Waals surface area contributed by atoms with Crippen LogP contribution in [0.5, 0.6) is 0 Å². The van der Waals surface area contributed by atoms with Crippen molar-refractivity contribution in [1.82, 2.24) is 5.32 Å². The van der Waals surface area contributed by atoms with Gasteiger partial charge < -0.3 is 10.1 Å². The highest BCUT2D eigenvalue weighted by molar-refractivity contribution is 4.84. The van der Waals surface area contributed by atoms with Crippen LogP contribution in [0.25, 0.3) is 0 Å². The van der Waals surface area contributed by atoms with Crippen LogP contribution >= 0.6 is 0 Å². The number of hydrogen-bond donors (Lipinski definition) is 1. The van der Waals surface area contributed by atoms with Gasteiger partial charge in [0.25, 0.3) is 0 Å². The molecule has 2 nitrogen and oxygen atoms in total. The molecule has 0 aromatic heterocycles. The van der Waals surface area contributed by atoms with Crippen molar-refractivity contribution in [2.45, 2.75) is 25.6 Å². The molecule has 0 amide bonds. The maximum Gasteiger partial charge on any atom is 0.0965 e. The number of hydrogen-bond acceptors (Lipinski definition) is 2. The molecule has 1 saturated heterocycles. The molecule has 8 heavy (non-hydrogen) atoms. The number of ether oxygens (including phenoxy) is 1. The van der Waals surface area contributed by atoms with E-state index in [4.69, 9.17) is 4.74 Å². The van der Waals surface area contributed by atoms with E-state index in [1.165, 1.54) is 0 Å². The molecule has 2 atom stereocenters. The summed E-state index contributed by atoms with van der Waals surface area (Å²) in [5.74, 6) is 0. The van der Waals surface area contributed by atoms with Crippen LogP contribution in [0.4, 0.5) is 0 Å². The van der Waals surface area contributed by atoms with Crippen molar-refractivity contribution in [3.8, 4) is 0 Å². The summed E-state index contributed by atoms with van der Waals surface area (Å²) in [6, 6.07) is 0. The summed E-state index contributed by atoms with van der Waals surface area (Å²) in [6.45, 7) is 3.17. The molecular weight excluding hydrogens is 102 g/mol. The fraction of sp³-hybridized carbons (Fsp3) is 1.00. The molecule has 1 heterocycles. The van der Waals surface area contributed by atoms with Gasteiger partial charge in [0.1, 0.15) is 0 Å². The topological polar surface area (TPSA) is 24.6 Å². The third-order valence-corrected chi connectivity index (χ3v) is 1.50. The Bertz CT molecular complexity index is 74.9. The van der Waals surface area contributed by atoms with Crippen molar-refractivity contribution in [1.29, 1.82) is 0 Å². The molecule has 0 saturated carbocycles. The molecule has 0 aromatic carbocycles. The zero-order valence-electron chi connectivity index (χ0n) is 5.48. The Kier molecular flexibility index (Phi) is 1.86. The second kappa shape index (κ2) is 2.46. The van der Waals surface area contributed by atoms with Gasteiger partial charge in [0, 0.05) is 6.54 Å². The standard InChI is InChI=1S/C6H13NO/c1-3-5-6(8-5)4-7-2/h5-7H,3-4H2,1-2H3. The average Bonchev–Trinajstić information content (AvgIpc) is 2.48. The van der Waals surface area contributed by atoms with Gasteiger partial charge in [-0.15, -0.1) is 0 Å². The quantitative estimate of drug-likeness (QED) is 0.538. The molecule has 0 aromatic rings. The summed E-state index contributed by atoms with van der Waals surface area (Å²) < 4.78 is 5.24. The number of nitrogens with one attached hydrogen (secondary N) is 1. The first-order valence-electron chi connectivity index (χ1n) is 3.18. The van der Waals surface area contributed by atoms with E-state index in [1.807, 2.05) is 7.05 Å². The van der Waals surface area contributed by atoms with Gasteiger partial charge in [-0.05, 0) is 13.5 Å². The molecule has 1 aliphatic rings. The first-order chi connectivity index (χ1) is 3.88. The Balaban J connectivity index is 1.99. The van der Waals surface area contributed by atoms with Gasteiger partial charge in [0.05, 0.1) is 12.2 Å². The van der Waals surface area contributed by atoms with E-state index in [-0.39, 0.29) is 0 Å². The van der Waals surface area contributed by atoms with Crippen LogP contribution < -0.4 is 5.32 Å². The van der Waals surface area contributed by atoms with E-state index in [1.54, 1.807) is 0 Å². The third kappa shape index (κ3) is 1.20. The second-order valence-electron chi connectivity index (χ2n) is 2.18. The maximum atomic E-state index is 5.24. The zero-order valence-corrected chi connectivity index (χ0v) is 5.48. The van der Waals surface area contributed by atoms with Gasteiger partial charge >= 0.3 is 0 Å². The first kappa shape index (κ1) is 6.05. The summed E-state index contributed by atoms with van der Waals surface area (Å²) in [7, 11) is 1.95. The Morgan fingerprint density at radius 2 is 2.25 bits per heavy atom. The lowest BCUT2D eigenvalue weighted by Crippen LogP contribution is -2.15. The monoisotopic (exact) mass is 115 g/mol. The first-order valence-corrected chi connectivity index (χ1v) is 3.18. The van der Waals surface area contributed by atoms with Crippen LogP contribution in [0.15, 0.2) is 0 Å². The SMILES string of the molecule is CCC1OC1CNC. The van der Waals surface area contributed by atoms with Gasteiger partial charge in [0.2, 0.25) is 0 Å². The lowest BCUT2D eigenvalue weighted by molar-refractivity contribution is 0.363. The normalized spacial score (nSPS) is 35.2. The third-order valence-electron chi connectivity index (χ3n) is 1.50. The number of epoxide rings is 1. The van der Waals surface area contributed by atoms with Crippen molar-refractivity contribution in [2.75, 3.05) is 13.6 Å². The van der Waals surface area contributed by atoms with E-state index >= 15 is 0 Å². The second-order valence-corrected chi connectivity index (χ2v) is 2.18. The minimum atomic E-state index is 0.519. The largest absolute Gasteiger partial charge is 0.368 e. The Morgan fingerprint density at radius 3 is 2.62 bits per heavy atom. The molecule has 48 valence electrons. The molecular formula is C6H13NO. The minimum Gasteiger partial charge on any atom is -0.368 e. The van der Waals surface area contributed by atoms with Crippen LogP contribution in [0.3, 0.4) is 0 Å². The predicted molar refractivity (Wildman–Crippen MR) is 32.9 cm³/mol. The Morgan fingerprint density at radius 1 is 1.50 bits per heavy atom. The minimum absolute atomic E-state index is 0.519. The fourth-order valence-electron chi connectivity index (χ4n) is 0.919. The molecule has 0 aliphatic carbocycles. The summed E-state index contributed by atoms with van der Waals surface area (Å²) in [5.41, 5.74) is 0. The average molecular weight is 115 g/mol. The van der Waals surface area contributed by atoms with Crippen molar-refractivity contribution < 1.29 is 4.74 Å². The molecule has 1 rings (SSSR count). The molecule has 0 bridgehead atoms. The van der Waals surface area contributed by atoms with E-state index in [2.05, 4.69) is 12.2 Å². The van der Waals surface area contributed by atoms with E-state index < -0.39 is 0 Å². The molecule has 0 spiro atoms. The smallest absolute Gasteiger partial charge is 0.0965 e. The highest BCUT2D eigenvalue weighted by atomic mass is 16.6. The van der Waals surface area contributed by atoms with Crippen LogP contribution in [0, 0.1) is 0 Å². The Labute approximate surface area is 50.2 Å². The highest BCUT2D eigenvalue weighted by Gasteiger charge is 2.35. The van der Waals surface area contributed by atoms with Gasteiger partial charge in [-0.2, -0.15) is 0 Å². The fourth-order valence-corrected chi connectivity index (χ4v) is 0.919. The van der Waals surface area contributed by atoms with Gasteiger partial charge in [-0.1, -0.05) is 6.92 Å². The van der Waals surface area contributed by atoms with Crippen LogP contribution in [0.1, 0.15) is 13.3 Å². The molecule has 0 radical (unpaired) electrons. The van der Waals surface area contributed by atoms with E-state index in [0.717, 1.165) is 13.0 Å². The maximum absolute atomic E-state index is 5.24. The lowest BCUT2D eigenvalue weighted by atomic mass is 10.2. The van der Waals surface area contributed by atoms with E-state index in [9.17, 15) is 0 Å². The summed E-state index contributed by atoms with van der Waals surface area (Å²) in [4.78, 5) is 0.